The van der Waals surface area contributed by atoms with Crippen LogP contribution in [0.25, 0.3) is 0 Å². The summed E-state index contributed by atoms with van der Waals surface area (Å²) in [5.74, 6) is -1.39. The maximum Gasteiger partial charge on any atom is 0.141 e. The van der Waals surface area contributed by atoms with Gasteiger partial charge in [0, 0.05) is 18.9 Å². The molecule has 92 valence electrons. The third-order valence-corrected chi connectivity index (χ3v) is 2.65. The van der Waals surface area contributed by atoms with Crippen molar-refractivity contribution in [3.8, 4) is 0 Å². The Kier molecular flexibility index (Phi) is 3.82. The number of ketones is 1. The Morgan fingerprint density at radius 3 is 2.33 bits per heavy atom. The number of hydrogen-bond acceptors (Lipinski definition) is 1. The molecule has 0 unspecified atom stereocenters. The van der Waals surface area contributed by atoms with Crippen LogP contribution in [0.3, 0.4) is 0 Å². The fraction of sp³-hybridized carbons (Fsp3) is 0.133. The van der Waals surface area contributed by atoms with Gasteiger partial charge in [0.25, 0.3) is 0 Å². The number of benzene rings is 2. The number of Topliss-reactive ketones (excluding diaryl/α,β-unsaturated/α-hetero) is 1. The molecule has 0 aliphatic rings. The van der Waals surface area contributed by atoms with Crippen LogP contribution < -0.4 is 0 Å². The molecule has 0 spiro atoms. The van der Waals surface area contributed by atoms with Crippen LogP contribution in [0.2, 0.25) is 0 Å². The molecular weight excluding hydrogens is 234 g/mol. The van der Waals surface area contributed by atoms with Crippen molar-refractivity contribution < 1.29 is 13.6 Å². The van der Waals surface area contributed by atoms with Crippen LogP contribution in [0, 0.1) is 11.6 Å². The van der Waals surface area contributed by atoms with Crippen molar-refractivity contribution in [1.82, 2.24) is 0 Å². The largest absolute Gasteiger partial charge is 0.299 e. The van der Waals surface area contributed by atoms with Crippen LogP contribution >= 0.6 is 0 Å². The van der Waals surface area contributed by atoms with Gasteiger partial charge < -0.3 is 0 Å². The van der Waals surface area contributed by atoms with Gasteiger partial charge in [-0.25, -0.2) is 8.78 Å². The summed E-state index contributed by atoms with van der Waals surface area (Å²) < 4.78 is 26.1. The third-order valence-electron chi connectivity index (χ3n) is 2.65. The summed E-state index contributed by atoms with van der Waals surface area (Å²) in [5, 5.41) is 0. The minimum absolute atomic E-state index is 0.0129. The molecule has 0 N–H and O–H groups in total. The van der Waals surface area contributed by atoms with Gasteiger partial charge in [-0.1, -0.05) is 36.4 Å². The summed E-state index contributed by atoms with van der Waals surface area (Å²) in [4.78, 5) is 11.8. The van der Waals surface area contributed by atoms with Crippen molar-refractivity contribution in [3.05, 3.63) is 71.3 Å². The molecule has 0 saturated heterocycles. The minimum Gasteiger partial charge on any atom is -0.299 e. The normalized spacial score (nSPS) is 10.3. The zero-order chi connectivity index (χ0) is 13.0. The molecule has 3 heteroatoms. The van der Waals surface area contributed by atoms with Crippen LogP contribution in [0.1, 0.15) is 11.1 Å². The number of hydrogen-bond donors (Lipinski definition) is 0. The van der Waals surface area contributed by atoms with Gasteiger partial charge in [0.2, 0.25) is 0 Å². The molecular formula is C15H12F2O. The van der Waals surface area contributed by atoms with Crippen molar-refractivity contribution in [2.45, 2.75) is 12.8 Å². The molecule has 0 bridgehead atoms. The predicted molar refractivity (Wildman–Crippen MR) is 65.2 cm³/mol. The van der Waals surface area contributed by atoms with Crippen molar-refractivity contribution in [2.75, 3.05) is 0 Å². The highest BCUT2D eigenvalue weighted by atomic mass is 19.1. The second-order valence-electron chi connectivity index (χ2n) is 4.11. The molecule has 2 rings (SSSR count). The highest BCUT2D eigenvalue weighted by Crippen LogP contribution is 2.11. The molecule has 0 radical (unpaired) electrons. The van der Waals surface area contributed by atoms with Crippen LogP contribution in [0.4, 0.5) is 8.78 Å². The van der Waals surface area contributed by atoms with Crippen LogP contribution in [-0.2, 0) is 17.6 Å². The van der Waals surface area contributed by atoms with E-state index in [0.717, 1.165) is 17.7 Å². The fourth-order valence-electron chi connectivity index (χ4n) is 1.76. The zero-order valence-corrected chi connectivity index (χ0v) is 9.70. The Balaban J connectivity index is 2.03. The van der Waals surface area contributed by atoms with Gasteiger partial charge in [-0.2, -0.15) is 0 Å². The summed E-state index contributed by atoms with van der Waals surface area (Å²) in [6.45, 7) is 0. The molecule has 0 aromatic heterocycles. The monoisotopic (exact) mass is 246 g/mol. The number of carbonyl (C=O) groups is 1. The van der Waals surface area contributed by atoms with Gasteiger partial charge in [-0.3, -0.25) is 4.79 Å². The minimum atomic E-state index is -0.670. The van der Waals surface area contributed by atoms with Gasteiger partial charge in [-0.05, 0) is 17.2 Å². The van der Waals surface area contributed by atoms with E-state index in [-0.39, 0.29) is 24.2 Å². The van der Waals surface area contributed by atoms with E-state index in [0.29, 0.717) is 0 Å². The van der Waals surface area contributed by atoms with E-state index >= 15 is 0 Å². The molecule has 0 amide bonds. The lowest BCUT2D eigenvalue weighted by Crippen LogP contribution is -2.08. The van der Waals surface area contributed by atoms with E-state index < -0.39 is 11.6 Å². The molecule has 1 nitrogen and oxygen atoms in total. The van der Waals surface area contributed by atoms with Gasteiger partial charge in [-0.15, -0.1) is 0 Å². The van der Waals surface area contributed by atoms with Gasteiger partial charge in [0.1, 0.15) is 17.4 Å². The van der Waals surface area contributed by atoms with Crippen molar-refractivity contribution in [3.63, 3.8) is 0 Å². The molecule has 18 heavy (non-hydrogen) atoms. The van der Waals surface area contributed by atoms with E-state index in [1.807, 2.05) is 30.3 Å². The smallest absolute Gasteiger partial charge is 0.141 e. The molecule has 0 aliphatic carbocycles. The summed E-state index contributed by atoms with van der Waals surface area (Å²) in [6, 6.07) is 12.5. The quantitative estimate of drug-likeness (QED) is 0.808. The maximum atomic E-state index is 13.4. The first-order valence-corrected chi connectivity index (χ1v) is 5.65. The Bertz CT molecular complexity index is 550. The number of halogens is 2. The van der Waals surface area contributed by atoms with Crippen molar-refractivity contribution in [1.29, 1.82) is 0 Å². The van der Waals surface area contributed by atoms with Crippen LogP contribution in [0.5, 0.6) is 0 Å². The average molecular weight is 246 g/mol. The lowest BCUT2D eigenvalue weighted by molar-refractivity contribution is -0.117. The first-order chi connectivity index (χ1) is 8.65. The molecule has 0 atom stereocenters. The predicted octanol–water partition coefficient (Wildman–Crippen LogP) is 3.32. The number of rotatable bonds is 4. The second-order valence-corrected chi connectivity index (χ2v) is 4.11. The zero-order valence-electron chi connectivity index (χ0n) is 9.70. The van der Waals surface area contributed by atoms with E-state index in [1.165, 1.54) is 6.07 Å². The first kappa shape index (κ1) is 12.4. The van der Waals surface area contributed by atoms with E-state index in [9.17, 15) is 13.6 Å². The molecule has 0 fully saturated rings. The van der Waals surface area contributed by atoms with Crippen LogP contribution in [-0.4, -0.2) is 5.78 Å². The highest BCUT2D eigenvalue weighted by molar-refractivity contribution is 5.83. The van der Waals surface area contributed by atoms with Gasteiger partial charge in [0.05, 0.1) is 0 Å². The lowest BCUT2D eigenvalue weighted by atomic mass is 10.0. The number of carbonyl (C=O) groups excluding carboxylic acids is 1. The van der Waals surface area contributed by atoms with E-state index in [2.05, 4.69) is 0 Å². The Labute approximate surface area is 104 Å². The second kappa shape index (κ2) is 5.54. The third kappa shape index (κ3) is 3.23. The Morgan fingerprint density at radius 1 is 0.944 bits per heavy atom. The van der Waals surface area contributed by atoms with Gasteiger partial charge >= 0.3 is 0 Å². The van der Waals surface area contributed by atoms with Crippen molar-refractivity contribution in [2.24, 2.45) is 0 Å². The molecule has 2 aromatic carbocycles. The fourth-order valence-corrected chi connectivity index (χ4v) is 1.76. The molecule has 0 aliphatic heterocycles. The molecule has 0 saturated carbocycles. The summed E-state index contributed by atoms with van der Waals surface area (Å²) in [5.41, 5.74) is 1.13. The summed E-state index contributed by atoms with van der Waals surface area (Å²) >= 11 is 0. The van der Waals surface area contributed by atoms with Crippen LogP contribution in [0.15, 0.2) is 48.5 Å². The standard InChI is InChI=1S/C15H12F2O/c16-13-7-6-12(15(17)10-13)9-14(18)8-11-4-2-1-3-5-11/h1-7,10H,8-9H2. The highest BCUT2D eigenvalue weighted by Gasteiger charge is 2.09. The topological polar surface area (TPSA) is 17.1 Å². The van der Waals surface area contributed by atoms with E-state index in [1.54, 1.807) is 0 Å². The van der Waals surface area contributed by atoms with E-state index in [4.69, 9.17) is 0 Å². The Hall–Kier alpha value is -2.03. The SMILES string of the molecule is O=C(Cc1ccccc1)Cc1ccc(F)cc1F. The Morgan fingerprint density at radius 2 is 1.67 bits per heavy atom. The maximum absolute atomic E-state index is 13.4. The molecule has 0 heterocycles. The average Bonchev–Trinajstić information content (AvgIpc) is 2.34. The van der Waals surface area contributed by atoms with Gasteiger partial charge in [0.15, 0.2) is 0 Å². The molecule has 2 aromatic rings. The lowest BCUT2D eigenvalue weighted by Gasteiger charge is -2.03. The summed E-state index contributed by atoms with van der Waals surface area (Å²) in [6.07, 6.45) is 0.249. The first-order valence-electron chi connectivity index (χ1n) is 5.65. The van der Waals surface area contributed by atoms with Crippen molar-refractivity contribution >= 4 is 5.78 Å². The summed E-state index contributed by atoms with van der Waals surface area (Å²) in [7, 11) is 0.